The van der Waals surface area contributed by atoms with Crippen molar-refractivity contribution in [3.8, 4) is 0 Å². The van der Waals surface area contributed by atoms with Crippen LogP contribution in [0.2, 0.25) is 5.15 Å². The summed E-state index contributed by atoms with van der Waals surface area (Å²) >= 11 is 6.37. The normalized spacial score (nSPS) is 25.1. The Morgan fingerprint density at radius 2 is 1.90 bits per heavy atom. The topological polar surface area (TPSA) is 38.1 Å². The highest BCUT2D eigenvalue weighted by Gasteiger charge is 2.32. The number of aliphatic hydroxyl groups is 1. The van der Waals surface area contributed by atoms with Gasteiger partial charge in [-0.3, -0.25) is 4.68 Å². The highest BCUT2D eigenvalue weighted by Crippen LogP contribution is 2.41. The second-order valence-electron chi connectivity index (χ2n) is 6.50. The highest BCUT2D eigenvalue weighted by atomic mass is 35.5. The molecule has 0 spiro atoms. The van der Waals surface area contributed by atoms with E-state index in [-0.39, 0.29) is 5.92 Å². The summed E-state index contributed by atoms with van der Waals surface area (Å²) in [4.78, 5) is 0. The lowest BCUT2D eigenvalue weighted by molar-refractivity contribution is 0.0721. The minimum Gasteiger partial charge on any atom is -0.388 e. The van der Waals surface area contributed by atoms with Crippen LogP contribution in [0.15, 0.2) is 0 Å². The first-order chi connectivity index (χ1) is 9.45. The van der Waals surface area contributed by atoms with Crippen LogP contribution in [0.25, 0.3) is 0 Å². The van der Waals surface area contributed by atoms with Gasteiger partial charge in [0.25, 0.3) is 0 Å². The van der Waals surface area contributed by atoms with Gasteiger partial charge in [-0.25, -0.2) is 0 Å². The second-order valence-corrected chi connectivity index (χ2v) is 6.86. The molecule has 1 N–H and O–H groups in total. The van der Waals surface area contributed by atoms with Crippen molar-refractivity contribution in [2.24, 2.45) is 18.9 Å². The van der Waals surface area contributed by atoms with Crippen LogP contribution >= 0.6 is 11.6 Å². The molecule has 1 aliphatic carbocycles. The first kappa shape index (κ1) is 15.8. The Morgan fingerprint density at radius 3 is 2.40 bits per heavy atom. The summed E-state index contributed by atoms with van der Waals surface area (Å²) in [5.41, 5.74) is 1.81. The van der Waals surface area contributed by atoms with Crippen molar-refractivity contribution in [2.45, 2.75) is 64.9 Å². The number of hydrogen-bond donors (Lipinski definition) is 1. The Balaban J connectivity index is 2.19. The van der Waals surface area contributed by atoms with Gasteiger partial charge in [0, 0.05) is 12.6 Å². The molecule has 1 atom stereocenters. The number of aliphatic hydroxyl groups excluding tert-OH is 1. The minimum absolute atomic E-state index is 0.283. The molecule has 4 heteroatoms. The van der Waals surface area contributed by atoms with E-state index >= 15 is 0 Å². The molecule has 0 aliphatic heterocycles. The Hall–Kier alpha value is -0.540. The molecule has 0 saturated heterocycles. The van der Waals surface area contributed by atoms with Crippen molar-refractivity contribution in [2.75, 3.05) is 0 Å². The Bertz CT molecular complexity index is 448. The van der Waals surface area contributed by atoms with Gasteiger partial charge in [-0.1, -0.05) is 51.6 Å². The van der Waals surface area contributed by atoms with E-state index in [0.29, 0.717) is 11.1 Å². The van der Waals surface area contributed by atoms with Crippen LogP contribution < -0.4 is 0 Å². The number of rotatable bonds is 4. The van der Waals surface area contributed by atoms with Gasteiger partial charge in [-0.15, -0.1) is 0 Å². The summed E-state index contributed by atoms with van der Waals surface area (Å²) < 4.78 is 1.69. The van der Waals surface area contributed by atoms with Crippen LogP contribution in [0.4, 0.5) is 0 Å². The molecule has 0 bridgehead atoms. The summed E-state index contributed by atoms with van der Waals surface area (Å²) in [6.07, 6.45) is 5.45. The van der Waals surface area contributed by atoms with Crippen molar-refractivity contribution >= 4 is 11.6 Å². The van der Waals surface area contributed by atoms with Gasteiger partial charge in [-0.2, -0.15) is 5.10 Å². The van der Waals surface area contributed by atoms with Crippen molar-refractivity contribution in [1.82, 2.24) is 9.78 Å². The lowest BCUT2D eigenvalue weighted by atomic mass is 9.77. The smallest absolute Gasteiger partial charge is 0.132 e. The molecule has 1 unspecified atom stereocenters. The second kappa shape index (κ2) is 6.48. The molecule has 114 valence electrons. The fourth-order valence-electron chi connectivity index (χ4n) is 3.39. The van der Waals surface area contributed by atoms with E-state index in [1.807, 2.05) is 7.05 Å². The van der Waals surface area contributed by atoms with Gasteiger partial charge in [-0.05, 0) is 30.6 Å². The van der Waals surface area contributed by atoms with Crippen molar-refractivity contribution < 1.29 is 5.11 Å². The van der Waals surface area contributed by atoms with Crippen LogP contribution in [-0.4, -0.2) is 14.9 Å². The lowest BCUT2D eigenvalue weighted by Crippen LogP contribution is -2.21. The van der Waals surface area contributed by atoms with Crippen LogP contribution in [0, 0.1) is 11.8 Å². The monoisotopic (exact) mass is 298 g/mol. The fourth-order valence-corrected chi connectivity index (χ4v) is 3.63. The molecular formula is C16H27ClN2O. The van der Waals surface area contributed by atoms with E-state index in [4.69, 9.17) is 11.6 Å². The maximum Gasteiger partial charge on any atom is 0.132 e. The van der Waals surface area contributed by atoms with E-state index in [0.717, 1.165) is 30.0 Å². The molecule has 1 aromatic heterocycles. The third kappa shape index (κ3) is 3.04. The molecule has 1 saturated carbocycles. The van der Waals surface area contributed by atoms with Gasteiger partial charge in [0.05, 0.1) is 11.8 Å². The van der Waals surface area contributed by atoms with Crippen LogP contribution in [0.5, 0.6) is 0 Å². The van der Waals surface area contributed by atoms with Crippen molar-refractivity contribution in [3.63, 3.8) is 0 Å². The molecule has 0 aromatic carbocycles. The SMILES string of the molecule is CCC1CCC(C(O)c2c(C(C)C)nn(C)c2Cl)CC1. The van der Waals surface area contributed by atoms with Gasteiger partial charge < -0.3 is 5.11 Å². The molecular weight excluding hydrogens is 272 g/mol. The molecule has 20 heavy (non-hydrogen) atoms. The molecule has 1 fully saturated rings. The average Bonchev–Trinajstić information content (AvgIpc) is 2.74. The maximum atomic E-state index is 10.8. The third-order valence-corrected chi connectivity index (χ3v) is 5.25. The van der Waals surface area contributed by atoms with Gasteiger partial charge in [0.15, 0.2) is 0 Å². The van der Waals surface area contributed by atoms with Crippen molar-refractivity contribution in [3.05, 3.63) is 16.4 Å². The predicted molar refractivity (Wildman–Crippen MR) is 83.0 cm³/mol. The average molecular weight is 299 g/mol. The van der Waals surface area contributed by atoms with E-state index in [9.17, 15) is 5.11 Å². The minimum atomic E-state index is -0.466. The molecule has 0 radical (unpaired) electrons. The zero-order valence-electron chi connectivity index (χ0n) is 13.1. The number of nitrogens with zero attached hydrogens (tertiary/aromatic N) is 2. The first-order valence-electron chi connectivity index (χ1n) is 7.86. The summed E-state index contributed by atoms with van der Waals surface area (Å²) in [6.45, 7) is 6.46. The summed E-state index contributed by atoms with van der Waals surface area (Å²) in [6, 6.07) is 0. The summed E-state index contributed by atoms with van der Waals surface area (Å²) in [5.74, 6) is 1.45. The molecule has 1 aliphatic rings. The first-order valence-corrected chi connectivity index (χ1v) is 8.23. The Kier molecular flexibility index (Phi) is 5.14. The number of aryl methyl sites for hydroxylation is 1. The highest BCUT2D eigenvalue weighted by molar-refractivity contribution is 6.30. The van der Waals surface area contributed by atoms with Gasteiger partial charge in [0.2, 0.25) is 0 Å². The van der Waals surface area contributed by atoms with E-state index in [1.165, 1.54) is 19.3 Å². The van der Waals surface area contributed by atoms with E-state index in [2.05, 4.69) is 25.9 Å². The molecule has 3 nitrogen and oxygen atoms in total. The Labute approximate surface area is 127 Å². The molecule has 1 heterocycles. The zero-order valence-corrected chi connectivity index (χ0v) is 13.8. The summed E-state index contributed by atoms with van der Waals surface area (Å²) in [7, 11) is 1.85. The van der Waals surface area contributed by atoms with Crippen LogP contribution in [-0.2, 0) is 7.05 Å². The Morgan fingerprint density at radius 1 is 1.30 bits per heavy atom. The maximum absolute atomic E-state index is 10.8. The van der Waals surface area contributed by atoms with Crippen LogP contribution in [0.1, 0.15) is 76.2 Å². The quantitative estimate of drug-likeness (QED) is 0.892. The van der Waals surface area contributed by atoms with Crippen LogP contribution in [0.3, 0.4) is 0 Å². The number of halogens is 1. The molecule has 0 amide bonds. The number of hydrogen-bond acceptors (Lipinski definition) is 2. The summed E-state index contributed by atoms with van der Waals surface area (Å²) in [5, 5.41) is 15.9. The van der Waals surface area contributed by atoms with E-state index in [1.54, 1.807) is 4.68 Å². The van der Waals surface area contributed by atoms with Crippen molar-refractivity contribution in [1.29, 1.82) is 0 Å². The van der Waals surface area contributed by atoms with E-state index < -0.39 is 6.10 Å². The largest absolute Gasteiger partial charge is 0.388 e. The number of aromatic nitrogens is 2. The molecule has 1 aromatic rings. The predicted octanol–water partition coefficient (Wildman–Crippen LogP) is 4.45. The zero-order chi connectivity index (χ0) is 14.9. The molecule has 2 rings (SSSR count). The third-order valence-electron chi connectivity index (χ3n) is 4.80. The standard InChI is InChI=1S/C16H27ClN2O/c1-5-11-6-8-12(9-7-11)15(20)13-14(10(2)3)18-19(4)16(13)17/h10-12,15,20H,5-9H2,1-4H3. The van der Waals surface area contributed by atoms with Gasteiger partial charge >= 0.3 is 0 Å². The van der Waals surface area contributed by atoms with Gasteiger partial charge in [0.1, 0.15) is 5.15 Å². The fraction of sp³-hybridized carbons (Fsp3) is 0.812. The lowest BCUT2D eigenvalue weighted by Gasteiger charge is -2.31.